The summed E-state index contributed by atoms with van der Waals surface area (Å²) >= 11 is 7.58. The molecule has 2 aromatic carbocycles. The van der Waals surface area contributed by atoms with Gasteiger partial charge in [-0.25, -0.2) is 4.68 Å². The van der Waals surface area contributed by atoms with E-state index in [1.807, 2.05) is 60.8 Å². The van der Waals surface area contributed by atoms with Crippen molar-refractivity contribution in [1.29, 1.82) is 0 Å². The molecule has 10 heteroatoms. The van der Waals surface area contributed by atoms with Crippen molar-refractivity contribution in [3.8, 4) is 11.4 Å². The minimum Gasteiger partial charge on any atom is -0.482 e. The van der Waals surface area contributed by atoms with E-state index < -0.39 is 0 Å². The Morgan fingerprint density at radius 3 is 2.84 bits per heavy atom. The fourth-order valence-electron chi connectivity index (χ4n) is 2.94. The highest BCUT2D eigenvalue weighted by Gasteiger charge is 2.12. The van der Waals surface area contributed by atoms with Gasteiger partial charge in [-0.1, -0.05) is 58.9 Å². The average molecular weight is 451 g/mol. The molecule has 0 amide bonds. The number of halogens is 1. The lowest BCUT2D eigenvalue weighted by molar-refractivity contribution is 0.254. The SMILES string of the molecule is Clc1ccccc1-n1cc(CSc2nnc(COc3cccc4cccnc34)o2)nn1. The molecule has 0 bridgehead atoms. The van der Waals surface area contributed by atoms with E-state index in [0.29, 0.717) is 27.6 Å². The summed E-state index contributed by atoms with van der Waals surface area (Å²) in [6, 6.07) is 17.1. The Kier molecular flexibility index (Phi) is 5.51. The summed E-state index contributed by atoms with van der Waals surface area (Å²) in [5.41, 5.74) is 2.33. The Balaban J connectivity index is 1.20. The monoisotopic (exact) mass is 450 g/mol. The molecule has 0 aliphatic heterocycles. The number of fused-ring (bicyclic) bond motifs is 1. The highest BCUT2D eigenvalue weighted by atomic mass is 35.5. The topological polar surface area (TPSA) is 91.8 Å². The van der Waals surface area contributed by atoms with Crippen LogP contribution in [0.15, 0.2) is 76.6 Å². The minimum absolute atomic E-state index is 0.159. The van der Waals surface area contributed by atoms with Crippen molar-refractivity contribution in [2.24, 2.45) is 0 Å². The first-order valence-electron chi connectivity index (χ1n) is 9.34. The van der Waals surface area contributed by atoms with E-state index in [4.69, 9.17) is 20.8 Å². The van der Waals surface area contributed by atoms with E-state index in [-0.39, 0.29) is 6.61 Å². The fourth-order valence-corrected chi connectivity index (χ4v) is 3.82. The van der Waals surface area contributed by atoms with Crippen LogP contribution >= 0.6 is 23.4 Å². The summed E-state index contributed by atoms with van der Waals surface area (Å²) in [6.07, 6.45) is 3.56. The molecule has 0 unspecified atom stereocenters. The number of ether oxygens (including phenoxy) is 1. The van der Waals surface area contributed by atoms with Gasteiger partial charge in [-0.3, -0.25) is 4.98 Å². The van der Waals surface area contributed by atoms with Crippen LogP contribution in [0.5, 0.6) is 5.75 Å². The van der Waals surface area contributed by atoms with Gasteiger partial charge in [-0.2, -0.15) is 0 Å². The van der Waals surface area contributed by atoms with Gasteiger partial charge in [0.1, 0.15) is 11.3 Å². The van der Waals surface area contributed by atoms with Crippen LogP contribution < -0.4 is 4.74 Å². The standard InChI is InChI=1S/C21H15ClN6O2S/c22-16-7-1-2-8-17(16)28-11-15(24-27-28)13-31-21-26-25-19(30-21)12-29-18-9-3-5-14-6-4-10-23-20(14)18/h1-11H,12-13H2. The van der Waals surface area contributed by atoms with Crippen LogP contribution in [0.2, 0.25) is 5.02 Å². The lowest BCUT2D eigenvalue weighted by Crippen LogP contribution is -1.97. The predicted octanol–water partition coefficient (Wildman–Crippen LogP) is 4.72. The number of nitrogens with zero attached hydrogens (tertiary/aromatic N) is 6. The van der Waals surface area contributed by atoms with E-state index in [2.05, 4.69) is 25.5 Å². The molecule has 0 aliphatic carbocycles. The molecule has 0 aliphatic rings. The third kappa shape index (κ3) is 4.37. The fraction of sp³-hybridized carbons (Fsp3) is 0.0952. The summed E-state index contributed by atoms with van der Waals surface area (Å²) < 4.78 is 13.2. The molecule has 5 rings (SSSR count). The number of hydrogen-bond acceptors (Lipinski definition) is 8. The number of thioether (sulfide) groups is 1. The Morgan fingerprint density at radius 1 is 1.00 bits per heavy atom. The Bertz CT molecular complexity index is 1330. The summed E-state index contributed by atoms with van der Waals surface area (Å²) in [7, 11) is 0. The van der Waals surface area contributed by atoms with Crippen molar-refractivity contribution in [2.75, 3.05) is 0 Å². The molecule has 0 fully saturated rings. The molecule has 0 saturated carbocycles. The molecule has 8 nitrogen and oxygen atoms in total. The lowest BCUT2D eigenvalue weighted by atomic mass is 10.2. The third-order valence-corrected chi connectivity index (χ3v) is 5.55. The maximum absolute atomic E-state index is 6.21. The maximum atomic E-state index is 6.21. The smallest absolute Gasteiger partial charge is 0.277 e. The summed E-state index contributed by atoms with van der Waals surface area (Å²) in [6.45, 7) is 0.159. The van der Waals surface area contributed by atoms with Crippen LogP contribution in [-0.2, 0) is 12.4 Å². The summed E-state index contributed by atoms with van der Waals surface area (Å²) in [5, 5.41) is 18.5. The lowest BCUT2D eigenvalue weighted by Gasteiger charge is -2.06. The molecule has 0 spiro atoms. The third-order valence-electron chi connectivity index (χ3n) is 4.38. The van der Waals surface area contributed by atoms with Gasteiger partial charge in [-0.15, -0.1) is 15.3 Å². The van der Waals surface area contributed by atoms with Gasteiger partial charge >= 0.3 is 0 Å². The zero-order chi connectivity index (χ0) is 21.0. The van der Waals surface area contributed by atoms with E-state index in [9.17, 15) is 0 Å². The van der Waals surface area contributed by atoms with Crippen molar-refractivity contribution < 1.29 is 9.15 Å². The van der Waals surface area contributed by atoms with Gasteiger partial charge in [0.05, 0.1) is 22.6 Å². The number of rotatable bonds is 7. The van der Waals surface area contributed by atoms with Crippen molar-refractivity contribution >= 4 is 34.3 Å². The first kappa shape index (κ1) is 19.5. The predicted molar refractivity (Wildman–Crippen MR) is 116 cm³/mol. The molecule has 5 aromatic rings. The minimum atomic E-state index is 0.159. The average Bonchev–Trinajstić information content (AvgIpc) is 3.46. The highest BCUT2D eigenvalue weighted by molar-refractivity contribution is 7.98. The van der Waals surface area contributed by atoms with Crippen LogP contribution in [-0.4, -0.2) is 30.2 Å². The van der Waals surface area contributed by atoms with Gasteiger partial charge in [0.25, 0.3) is 11.1 Å². The Hall–Kier alpha value is -3.43. The first-order valence-corrected chi connectivity index (χ1v) is 10.7. The number of pyridine rings is 1. The zero-order valence-corrected chi connectivity index (χ0v) is 17.6. The van der Waals surface area contributed by atoms with E-state index in [1.165, 1.54) is 11.8 Å². The molecular formula is C21H15ClN6O2S. The molecule has 3 heterocycles. The van der Waals surface area contributed by atoms with Crippen LogP contribution in [0.1, 0.15) is 11.6 Å². The number of aromatic nitrogens is 6. The highest BCUT2D eigenvalue weighted by Crippen LogP contribution is 2.25. The number of hydrogen-bond donors (Lipinski definition) is 0. The van der Waals surface area contributed by atoms with E-state index >= 15 is 0 Å². The maximum Gasteiger partial charge on any atom is 0.277 e. The normalized spacial score (nSPS) is 11.1. The van der Waals surface area contributed by atoms with Crippen LogP contribution in [0.25, 0.3) is 16.6 Å². The Labute approximate surface area is 186 Å². The second-order valence-electron chi connectivity index (χ2n) is 6.48. The van der Waals surface area contributed by atoms with E-state index in [1.54, 1.807) is 10.9 Å². The van der Waals surface area contributed by atoms with Crippen molar-refractivity contribution in [3.05, 3.63) is 83.6 Å². The molecule has 0 saturated heterocycles. The largest absolute Gasteiger partial charge is 0.482 e. The molecule has 0 atom stereocenters. The first-order chi connectivity index (χ1) is 15.3. The van der Waals surface area contributed by atoms with E-state index in [0.717, 1.165) is 22.3 Å². The van der Waals surface area contributed by atoms with Gasteiger partial charge in [0.15, 0.2) is 6.61 Å². The summed E-state index contributed by atoms with van der Waals surface area (Å²) in [5.74, 6) is 1.58. The van der Waals surface area contributed by atoms with Crippen molar-refractivity contribution in [2.45, 2.75) is 17.6 Å². The van der Waals surface area contributed by atoms with Gasteiger partial charge in [-0.05, 0) is 24.3 Å². The van der Waals surface area contributed by atoms with Gasteiger partial charge in [0.2, 0.25) is 0 Å². The molecule has 0 N–H and O–H groups in total. The van der Waals surface area contributed by atoms with Gasteiger partial charge in [0, 0.05) is 17.3 Å². The quantitative estimate of drug-likeness (QED) is 0.329. The van der Waals surface area contributed by atoms with Crippen LogP contribution in [0.3, 0.4) is 0 Å². The van der Waals surface area contributed by atoms with Crippen LogP contribution in [0.4, 0.5) is 0 Å². The molecule has 31 heavy (non-hydrogen) atoms. The van der Waals surface area contributed by atoms with Crippen LogP contribution in [0, 0.1) is 0 Å². The number of benzene rings is 2. The molecule has 3 aromatic heterocycles. The summed E-state index contributed by atoms with van der Waals surface area (Å²) in [4.78, 5) is 4.37. The number of para-hydroxylation sites is 2. The molecule has 0 radical (unpaired) electrons. The van der Waals surface area contributed by atoms with Crippen molar-refractivity contribution in [1.82, 2.24) is 30.2 Å². The zero-order valence-electron chi connectivity index (χ0n) is 16.1. The Morgan fingerprint density at radius 2 is 1.90 bits per heavy atom. The molecule has 154 valence electrons. The second kappa shape index (κ2) is 8.75. The van der Waals surface area contributed by atoms with Crippen molar-refractivity contribution in [3.63, 3.8) is 0 Å². The molecular weight excluding hydrogens is 436 g/mol. The second-order valence-corrected chi connectivity index (χ2v) is 7.81. The van der Waals surface area contributed by atoms with Gasteiger partial charge < -0.3 is 9.15 Å².